The first-order chi connectivity index (χ1) is 10.2. The minimum Gasteiger partial charge on any atom is -0.370 e. The average molecular weight is 298 g/mol. The van der Waals surface area contributed by atoms with E-state index in [9.17, 15) is 4.79 Å². The summed E-state index contributed by atoms with van der Waals surface area (Å²) in [5, 5.41) is 0. The molecule has 4 atom stereocenters. The minimum absolute atomic E-state index is 0.0205. The number of hydrogen-bond donors (Lipinski definition) is 0. The van der Waals surface area contributed by atoms with Crippen molar-refractivity contribution in [2.75, 3.05) is 6.61 Å². The standard InChI is InChI=1S/C17H30O4/c1-3-15(21-17-9-4-5-12-19-17)8-6-7-14(18)10-11-16-13(2)20-16/h13,15-17H,3-12H2,1-2H3/t13?,15-,16?,17?/m1/s1. The fourth-order valence-corrected chi connectivity index (χ4v) is 2.89. The van der Waals surface area contributed by atoms with Crippen molar-refractivity contribution in [3.05, 3.63) is 0 Å². The normalized spacial score (nSPS) is 30.1. The first-order valence-electron chi connectivity index (χ1n) is 8.63. The predicted octanol–water partition coefficient (Wildman–Crippen LogP) is 3.62. The van der Waals surface area contributed by atoms with Crippen LogP contribution in [0.4, 0.5) is 0 Å². The van der Waals surface area contributed by atoms with Crippen LogP contribution in [0.25, 0.3) is 0 Å². The number of ether oxygens (including phenoxy) is 3. The first kappa shape index (κ1) is 16.9. The summed E-state index contributed by atoms with van der Waals surface area (Å²) in [6.45, 7) is 5.02. The summed E-state index contributed by atoms with van der Waals surface area (Å²) < 4.78 is 16.9. The molecular weight excluding hydrogens is 268 g/mol. The van der Waals surface area contributed by atoms with Gasteiger partial charge in [0.25, 0.3) is 0 Å². The summed E-state index contributed by atoms with van der Waals surface area (Å²) in [7, 11) is 0. The van der Waals surface area contributed by atoms with Crippen molar-refractivity contribution < 1.29 is 19.0 Å². The predicted molar refractivity (Wildman–Crippen MR) is 81.2 cm³/mol. The van der Waals surface area contributed by atoms with Crippen LogP contribution in [-0.2, 0) is 19.0 Å². The van der Waals surface area contributed by atoms with E-state index in [1.54, 1.807) is 0 Å². The van der Waals surface area contributed by atoms with Gasteiger partial charge >= 0.3 is 0 Å². The smallest absolute Gasteiger partial charge is 0.157 e. The average Bonchev–Trinajstić information content (AvgIpc) is 3.21. The van der Waals surface area contributed by atoms with Gasteiger partial charge in [0.1, 0.15) is 5.78 Å². The molecule has 0 bridgehead atoms. The van der Waals surface area contributed by atoms with Gasteiger partial charge in [-0.2, -0.15) is 0 Å². The summed E-state index contributed by atoms with van der Waals surface area (Å²) in [5.74, 6) is 0.362. The van der Waals surface area contributed by atoms with Crippen LogP contribution in [0.1, 0.15) is 71.6 Å². The van der Waals surface area contributed by atoms with Crippen molar-refractivity contribution in [1.82, 2.24) is 0 Å². The second-order valence-electron chi connectivity index (χ2n) is 6.31. The molecule has 0 aromatic heterocycles. The van der Waals surface area contributed by atoms with Crippen molar-refractivity contribution in [3.8, 4) is 0 Å². The van der Waals surface area contributed by atoms with E-state index in [4.69, 9.17) is 14.2 Å². The van der Waals surface area contributed by atoms with Crippen LogP contribution in [0.5, 0.6) is 0 Å². The molecule has 21 heavy (non-hydrogen) atoms. The molecule has 2 saturated heterocycles. The lowest BCUT2D eigenvalue weighted by atomic mass is 10.0. The zero-order valence-electron chi connectivity index (χ0n) is 13.5. The molecule has 122 valence electrons. The summed E-state index contributed by atoms with van der Waals surface area (Å²) in [5.41, 5.74) is 0. The molecule has 0 aliphatic carbocycles. The van der Waals surface area contributed by atoms with E-state index in [0.717, 1.165) is 45.1 Å². The summed E-state index contributed by atoms with van der Waals surface area (Å²) >= 11 is 0. The molecule has 0 N–H and O–H groups in total. The van der Waals surface area contributed by atoms with Crippen LogP contribution in [-0.4, -0.2) is 37.0 Å². The maximum absolute atomic E-state index is 11.8. The number of hydrogen-bond acceptors (Lipinski definition) is 4. The van der Waals surface area contributed by atoms with Crippen molar-refractivity contribution in [3.63, 3.8) is 0 Å². The van der Waals surface area contributed by atoms with E-state index in [2.05, 4.69) is 13.8 Å². The Kier molecular flexibility index (Phi) is 7.14. The van der Waals surface area contributed by atoms with E-state index in [0.29, 0.717) is 30.8 Å². The third-order valence-electron chi connectivity index (χ3n) is 4.46. The highest BCUT2D eigenvalue weighted by molar-refractivity contribution is 5.78. The van der Waals surface area contributed by atoms with E-state index < -0.39 is 0 Å². The van der Waals surface area contributed by atoms with Gasteiger partial charge in [0.15, 0.2) is 6.29 Å². The van der Waals surface area contributed by atoms with Crippen LogP contribution in [0.15, 0.2) is 0 Å². The largest absolute Gasteiger partial charge is 0.370 e. The topological polar surface area (TPSA) is 48.1 Å². The SMILES string of the molecule is CC[C@H](CCCC(=O)CCC1OC1C)OC1CCCCO1. The molecule has 0 aromatic rings. The molecule has 0 amide bonds. The maximum Gasteiger partial charge on any atom is 0.157 e. The van der Waals surface area contributed by atoms with Crippen LogP contribution in [0.2, 0.25) is 0 Å². The molecule has 4 nitrogen and oxygen atoms in total. The molecule has 2 rings (SSSR count). The molecule has 0 aromatic carbocycles. The second-order valence-corrected chi connectivity index (χ2v) is 6.31. The third kappa shape index (κ3) is 6.45. The van der Waals surface area contributed by atoms with Gasteiger partial charge in [-0.3, -0.25) is 4.79 Å². The molecular formula is C17H30O4. The number of epoxide rings is 1. The van der Waals surface area contributed by atoms with Crippen LogP contribution in [0, 0.1) is 0 Å². The number of ketones is 1. The van der Waals surface area contributed by atoms with Gasteiger partial charge in [-0.15, -0.1) is 0 Å². The number of carbonyl (C=O) groups excluding carboxylic acids is 1. The Bertz CT molecular complexity index is 312. The van der Waals surface area contributed by atoms with Crippen molar-refractivity contribution in [2.24, 2.45) is 0 Å². The first-order valence-corrected chi connectivity index (χ1v) is 8.63. The zero-order chi connectivity index (χ0) is 15.1. The molecule has 3 unspecified atom stereocenters. The third-order valence-corrected chi connectivity index (χ3v) is 4.46. The Morgan fingerprint density at radius 1 is 1.33 bits per heavy atom. The molecule has 2 heterocycles. The second kappa shape index (κ2) is 8.86. The highest BCUT2D eigenvalue weighted by atomic mass is 16.7. The van der Waals surface area contributed by atoms with Crippen LogP contribution < -0.4 is 0 Å². The Morgan fingerprint density at radius 2 is 2.14 bits per heavy atom. The Balaban J connectivity index is 1.53. The van der Waals surface area contributed by atoms with Crippen LogP contribution in [0.3, 0.4) is 0 Å². The summed E-state index contributed by atoms with van der Waals surface area (Å²) in [4.78, 5) is 11.8. The quantitative estimate of drug-likeness (QED) is 0.578. The highest BCUT2D eigenvalue weighted by Crippen LogP contribution is 2.26. The monoisotopic (exact) mass is 298 g/mol. The zero-order valence-corrected chi connectivity index (χ0v) is 13.5. The molecule has 2 aliphatic heterocycles. The molecule has 0 radical (unpaired) electrons. The van der Waals surface area contributed by atoms with Gasteiger partial charge in [0, 0.05) is 19.4 Å². The number of rotatable bonds is 10. The van der Waals surface area contributed by atoms with E-state index in [1.165, 1.54) is 6.42 Å². The fourth-order valence-electron chi connectivity index (χ4n) is 2.89. The van der Waals surface area contributed by atoms with Gasteiger partial charge in [0.2, 0.25) is 0 Å². The lowest BCUT2D eigenvalue weighted by Gasteiger charge is -2.27. The lowest BCUT2D eigenvalue weighted by molar-refractivity contribution is -0.189. The lowest BCUT2D eigenvalue weighted by Crippen LogP contribution is -2.27. The van der Waals surface area contributed by atoms with Gasteiger partial charge < -0.3 is 14.2 Å². The van der Waals surface area contributed by atoms with Gasteiger partial charge in [-0.1, -0.05) is 6.92 Å². The summed E-state index contributed by atoms with van der Waals surface area (Å²) in [6, 6.07) is 0. The van der Waals surface area contributed by atoms with Crippen molar-refractivity contribution >= 4 is 5.78 Å². The van der Waals surface area contributed by atoms with Crippen molar-refractivity contribution in [1.29, 1.82) is 0 Å². The maximum atomic E-state index is 11.8. The fraction of sp³-hybridized carbons (Fsp3) is 0.941. The molecule has 0 spiro atoms. The molecule has 2 fully saturated rings. The van der Waals surface area contributed by atoms with Gasteiger partial charge in [0.05, 0.1) is 18.3 Å². The van der Waals surface area contributed by atoms with E-state index >= 15 is 0 Å². The minimum atomic E-state index is -0.0205. The van der Waals surface area contributed by atoms with Crippen molar-refractivity contribution in [2.45, 2.75) is 96.2 Å². The Hall–Kier alpha value is -0.450. The number of Topliss-reactive ketones (excluding diaryl/α,β-unsaturated/α-hetero) is 1. The molecule has 2 aliphatic rings. The summed E-state index contributed by atoms with van der Waals surface area (Å²) in [6.07, 6.45) is 9.36. The van der Waals surface area contributed by atoms with Gasteiger partial charge in [-0.05, 0) is 51.9 Å². The molecule has 4 heteroatoms. The highest BCUT2D eigenvalue weighted by Gasteiger charge is 2.33. The number of carbonyl (C=O) groups is 1. The Labute approximate surface area is 128 Å². The van der Waals surface area contributed by atoms with E-state index in [-0.39, 0.29) is 12.4 Å². The van der Waals surface area contributed by atoms with E-state index in [1.807, 2.05) is 0 Å². The van der Waals surface area contributed by atoms with Crippen LogP contribution >= 0.6 is 0 Å². The molecule has 0 saturated carbocycles. The Morgan fingerprint density at radius 3 is 2.76 bits per heavy atom. The van der Waals surface area contributed by atoms with Gasteiger partial charge in [-0.25, -0.2) is 0 Å².